The van der Waals surface area contributed by atoms with Crippen LogP contribution in [0.4, 0.5) is 0 Å². The minimum Gasteiger partial charge on any atom is -0.349 e. The zero-order chi connectivity index (χ0) is 18.1. The lowest BCUT2D eigenvalue weighted by atomic mass is 9.94. The summed E-state index contributed by atoms with van der Waals surface area (Å²) in [6, 6.07) is 15.4. The minimum absolute atomic E-state index is 0.0354. The van der Waals surface area contributed by atoms with Gasteiger partial charge in [0.25, 0.3) is 5.91 Å². The summed E-state index contributed by atoms with van der Waals surface area (Å²) in [5.74, 6) is -0.443. The lowest BCUT2D eigenvalue weighted by molar-refractivity contribution is 0.0941. The van der Waals surface area contributed by atoms with E-state index in [-0.39, 0.29) is 17.2 Å². The third kappa shape index (κ3) is 2.88. The van der Waals surface area contributed by atoms with Gasteiger partial charge >= 0.3 is 0 Å². The minimum atomic E-state index is -0.443. The molecule has 2 aromatic carbocycles. The van der Waals surface area contributed by atoms with Crippen molar-refractivity contribution in [1.82, 2.24) is 20.4 Å². The van der Waals surface area contributed by atoms with E-state index in [2.05, 4.69) is 27.9 Å². The summed E-state index contributed by atoms with van der Waals surface area (Å²) in [5, 5.41) is 11.0. The normalized spacial score (nSPS) is 16.3. The first-order valence-corrected chi connectivity index (χ1v) is 8.70. The average Bonchev–Trinajstić information content (AvgIpc) is 2.69. The first-order valence-electron chi connectivity index (χ1n) is 8.70. The average molecular weight is 348 g/mol. The molecule has 0 radical (unpaired) electrons. The van der Waals surface area contributed by atoms with Crippen LogP contribution in [0.25, 0.3) is 10.9 Å². The van der Waals surface area contributed by atoms with Crippen molar-refractivity contribution in [3.8, 4) is 0 Å². The molecule has 1 aromatic heterocycles. The number of benzene rings is 2. The number of nitrogens with zero attached hydrogens (tertiary/aromatic N) is 2. The van der Waals surface area contributed by atoms with Gasteiger partial charge in [-0.1, -0.05) is 36.4 Å². The van der Waals surface area contributed by atoms with Crippen molar-refractivity contribution in [3.63, 3.8) is 0 Å². The van der Waals surface area contributed by atoms with E-state index >= 15 is 0 Å². The van der Waals surface area contributed by atoms with Gasteiger partial charge < -0.3 is 10.6 Å². The number of amides is 1. The molecule has 132 valence electrons. The Morgan fingerprint density at radius 2 is 2.00 bits per heavy atom. The lowest BCUT2D eigenvalue weighted by Gasteiger charge is -2.27. The molecule has 1 atom stereocenters. The monoisotopic (exact) mass is 348 g/mol. The van der Waals surface area contributed by atoms with E-state index in [0.29, 0.717) is 17.4 Å². The summed E-state index contributed by atoms with van der Waals surface area (Å²) in [6.07, 6.45) is 0.980. The standard InChI is InChI=1S/C20H20N4O2/c1-24-17-9-5-4-8-15(17)19(25)18(23-24)20(26)22-12-16-14-7-3-2-6-13(14)10-11-21-16/h2-9,16,21H,10-12H2,1H3,(H,22,26). The molecule has 0 aliphatic carbocycles. The summed E-state index contributed by atoms with van der Waals surface area (Å²) in [5.41, 5.74) is 2.78. The molecule has 0 saturated heterocycles. The Hall–Kier alpha value is -2.99. The summed E-state index contributed by atoms with van der Waals surface area (Å²) < 4.78 is 1.57. The maximum Gasteiger partial charge on any atom is 0.275 e. The fraction of sp³-hybridized carbons (Fsp3) is 0.250. The van der Waals surface area contributed by atoms with Crippen molar-refractivity contribution in [2.45, 2.75) is 12.5 Å². The van der Waals surface area contributed by atoms with Crippen LogP contribution in [-0.4, -0.2) is 28.8 Å². The van der Waals surface area contributed by atoms with Crippen LogP contribution in [0.1, 0.15) is 27.7 Å². The number of carbonyl (C=O) groups is 1. The molecule has 2 N–H and O–H groups in total. The van der Waals surface area contributed by atoms with Crippen LogP contribution in [0.2, 0.25) is 0 Å². The van der Waals surface area contributed by atoms with Crippen molar-refractivity contribution >= 4 is 16.8 Å². The van der Waals surface area contributed by atoms with Gasteiger partial charge in [-0.05, 0) is 36.2 Å². The smallest absolute Gasteiger partial charge is 0.275 e. The molecule has 0 fully saturated rings. The van der Waals surface area contributed by atoms with Gasteiger partial charge in [0.2, 0.25) is 5.43 Å². The number of para-hydroxylation sites is 1. The zero-order valence-corrected chi connectivity index (χ0v) is 14.5. The van der Waals surface area contributed by atoms with Gasteiger partial charge in [0.1, 0.15) is 0 Å². The molecule has 6 heteroatoms. The highest BCUT2D eigenvalue weighted by Crippen LogP contribution is 2.21. The van der Waals surface area contributed by atoms with Gasteiger partial charge in [0.15, 0.2) is 5.69 Å². The van der Waals surface area contributed by atoms with Gasteiger partial charge in [-0.2, -0.15) is 5.10 Å². The fourth-order valence-corrected chi connectivity index (χ4v) is 3.53. The third-order valence-corrected chi connectivity index (χ3v) is 4.86. The van der Waals surface area contributed by atoms with Crippen LogP contribution >= 0.6 is 0 Å². The molecule has 26 heavy (non-hydrogen) atoms. The van der Waals surface area contributed by atoms with Crippen molar-refractivity contribution in [3.05, 3.63) is 75.6 Å². The number of aryl methyl sites for hydroxylation is 1. The Labute approximate surface area is 150 Å². The first-order chi connectivity index (χ1) is 12.6. The van der Waals surface area contributed by atoms with E-state index in [1.165, 1.54) is 11.1 Å². The fourth-order valence-electron chi connectivity index (χ4n) is 3.53. The van der Waals surface area contributed by atoms with Crippen LogP contribution < -0.4 is 16.1 Å². The highest BCUT2D eigenvalue weighted by atomic mass is 16.2. The topological polar surface area (TPSA) is 76.0 Å². The maximum absolute atomic E-state index is 12.6. The van der Waals surface area contributed by atoms with Crippen molar-refractivity contribution < 1.29 is 4.79 Å². The number of nitrogens with one attached hydrogen (secondary N) is 2. The van der Waals surface area contributed by atoms with Crippen LogP contribution in [0.5, 0.6) is 0 Å². The third-order valence-electron chi connectivity index (χ3n) is 4.86. The molecule has 1 aliphatic heterocycles. The first kappa shape index (κ1) is 16.5. The predicted molar refractivity (Wildman–Crippen MR) is 100 cm³/mol. The number of hydrogen-bond acceptors (Lipinski definition) is 4. The van der Waals surface area contributed by atoms with Gasteiger partial charge in [-0.25, -0.2) is 0 Å². The Morgan fingerprint density at radius 1 is 1.23 bits per heavy atom. The van der Waals surface area contributed by atoms with Gasteiger partial charge in [0.05, 0.1) is 5.52 Å². The molecule has 3 aromatic rings. The van der Waals surface area contributed by atoms with Gasteiger partial charge in [-0.3, -0.25) is 14.3 Å². The predicted octanol–water partition coefficient (Wildman–Crippen LogP) is 1.55. The number of aromatic nitrogens is 2. The molecule has 2 heterocycles. The molecular weight excluding hydrogens is 328 g/mol. The summed E-state index contributed by atoms with van der Waals surface area (Å²) >= 11 is 0. The van der Waals surface area contributed by atoms with Gasteiger partial charge in [0, 0.05) is 25.0 Å². The van der Waals surface area contributed by atoms with E-state index in [4.69, 9.17) is 0 Å². The molecule has 0 bridgehead atoms. The van der Waals surface area contributed by atoms with Crippen LogP contribution in [0.15, 0.2) is 53.3 Å². The van der Waals surface area contributed by atoms with E-state index in [1.807, 2.05) is 24.3 Å². The number of carbonyl (C=O) groups excluding carboxylic acids is 1. The van der Waals surface area contributed by atoms with Crippen LogP contribution in [0, 0.1) is 0 Å². The molecular formula is C20H20N4O2. The molecule has 4 rings (SSSR count). The van der Waals surface area contributed by atoms with Crippen LogP contribution in [0.3, 0.4) is 0 Å². The zero-order valence-electron chi connectivity index (χ0n) is 14.5. The second kappa shape index (κ2) is 6.72. The van der Waals surface area contributed by atoms with Crippen molar-refractivity contribution in [1.29, 1.82) is 0 Å². The number of hydrogen-bond donors (Lipinski definition) is 2. The molecule has 1 amide bonds. The summed E-state index contributed by atoms with van der Waals surface area (Å²) in [4.78, 5) is 25.2. The largest absolute Gasteiger partial charge is 0.349 e. The Bertz CT molecular complexity index is 1040. The van der Waals surface area contributed by atoms with E-state index in [9.17, 15) is 9.59 Å². The van der Waals surface area contributed by atoms with E-state index in [1.54, 1.807) is 23.9 Å². The second-order valence-corrected chi connectivity index (χ2v) is 6.48. The molecule has 1 aliphatic rings. The highest BCUT2D eigenvalue weighted by molar-refractivity contribution is 5.95. The van der Waals surface area contributed by atoms with E-state index in [0.717, 1.165) is 13.0 Å². The molecule has 6 nitrogen and oxygen atoms in total. The highest BCUT2D eigenvalue weighted by Gasteiger charge is 2.21. The quantitative estimate of drug-likeness (QED) is 0.753. The summed E-state index contributed by atoms with van der Waals surface area (Å²) in [7, 11) is 1.73. The molecule has 1 unspecified atom stereocenters. The van der Waals surface area contributed by atoms with E-state index < -0.39 is 5.91 Å². The summed E-state index contributed by atoms with van der Waals surface area (Å²) in [6.45, 7) is 1.28. The number of fused-ring (bicyclic) bond motifs is 2. The Balaban J connectivity index is 1.58. The Morgan fingerprint density at radius 3 is 2.88 bits per heavy atom. The molecule has 0 saturated carbocycles. The molecule has 0 spiro atoms. The SMILES string of the molecule is Cn1nc(C(=O)NCC2NCCc3ccccc32)c(=O)c2ccccc21. The van der Waals surface area contributed by atoms with Crippen molar-refractivity contribution in [2.75, 3.05) is 13.1 Å². The Kier molecular flexibility index (Phi) is 4.26. The maximum atomic E-state index is 12.6. The lowest BCUT2D eigenvalue weighted by Crippen LogP contribution is -2.40. The second-order valence-electron chi connectivity index (χ2n) is 6.48. The van der Waals surface area contributed by atoms with Crippen LogP contribution in [-0.2, 0) is 13.5 Å². The van der Waals surface area contributed by atoms with Crippen molar-refractivity contribution in [2.24, 2.45) is 7.05 Å². The number of rotatable bonds is 3. The van der Waals surface area contributed by atoms with Gasteiger partial charge in [-0.15, -0.1) is 0 Å².